The van der Waals surface area contributed by atoms with Crippen LogP contribution in [0.25, 0.3) is 0 Å². The number of nitrogens with one attached hydrogen (secondary N) is 2. The van der Waals surface area contributed by atoms with Crippen molar-refractivity contribution in [3.05, 3.63) is 64.7 Å². The molecule has 0 heterocycles. The van der Waals surface area contributed by atoms with Crippen LogP contribution in [0.1, 0.15) is 36.8 Å². The van der Waals surface area contributed by atoms with Gasteiger partial charge in [-0.25, -0.2) is 4.79 Å². The van der Waals surface area contributed by atoms with E-state index < -0.39 is 0 Å². The Kier molecular flexibility index (Phi) is 6.31. The topological polar surface area (TPSA) is 50.4 Å². The number of hydrogen-bond acceptors (Lipinski definition) is 2. The number of urea groups is 1. The van der Waals surface area contributed by atoms with Crippen molar-refractivity contribution < 1.29 is 9.53 Å². The Labute approximate surface area is 153 Å². The number of carbonyl (C=O) groups excluding carboxylic acids is 1. The second-order valence-electron chi connectivity index (χ2n) is 6.35. The van der Waals surface area contributed by atoms with E-state index >= 15 is 0 Å². The number of halogens is 1. The van der Waals surface area contributed by atoms with Gasteiger partial charge in [-0.2, -0.15) is 0 Å². The lowest BCUT2D eigenvalue weighted by molar-refractivity contribution is 0.0457. The zero-order chi connectivity index (χ0) is 17.5. The van der Waals surface area contributed by atoms with E-state index in [0.29, 0.717) is 24.3 Å². The molecule has 25 heavy (non-hydrogen) atoms. The average Bonchev–Trinajstić information content (AvgIpc) is 3.14. The molecular weight excluding hydrogens is 336 g/mol. The fourth-order valence-corrected chi connectivity index (χ4v) is 3.04. The second-order valence-corrected chi connectivity index (χ2v) is 6.78. The van der Waals surface area contributed by atoms with Crippen molar-refractivity contribution in [1.82, 2.24) is 5.32 Å². The molecule has 3 rings (SSSR count). The summed E-state index contributed by atoms with van der Waals surface area (Å²) in [6.45, 7) is 1.09. The van der Waals surface area contributed by atoms with Crippen LogP contribution in [0.5, 0.6) is 0 Å². The third-order valence-corrected chi connectivity index (χ3v) is 4.62. The summed E-state index contributed by atoms with van der Waals surface area (Å²) in [6, 6.07) is 14.9. The van der Waals surface area contributed by atoms with Crippen LogP contribution in [0.4, 0.5) is 10.5 Å². The molecule has 0 aliphatic heterocycles. The summed E-state index contributed by atoms with van der Waals surface area (Å²) in [5.74, 6) is 0. The minimum absolute atomic E-state index is 0.232. The molecule has 0 saturated heterocycles. The number of amides is 2. The number of hydrogen-bond donors (Lipinski definition) is 2. The van der Waals surface area contributed by atoms with Crippen LogP contribution in [-0.4, -0.2) is 12.1 Å². The number of benzene rings is 2. The van der Waals surface area contributed by atoms with Gasteiger partial charge in [-0.05, 0) is 48.2 Å². The normalized spacial score (nSPS) is 14.4. The van der Waals surface area contributed by atoms with Crippen molar-refractivity contribution in [3.63, 3.8) is 0 Å². The molecule has 2 amide bonds. The van der Waals surface area contributed by atoms with E-state index in [4.69, 9.17) is 16.3 Å². The van der Waals surface area contributed by atoms with Gasteiger partial charge >= 0.3 is 6.03 Å². The fraction of sp³-hybridized carbons (Fsp3) is 0.350. The Morgan fingerprint density at radius 2 is 1.64 bits per heavy atom. The standard InChI is InChI=1S/C20H23ClN2O2/c21-17-9-5-15(6-10-17)13-22-20(24)23-18-11-7-16(8-12-18)14-25-19-3-1-2-4-19/h5-12,19H,1-4,13-14H2,(H2,22,23,24). The first kappa shape index (κ1) is 17.8. The van der Waals surface area contributed by atoms with Crippen LogP contribution in [-0.2, 0) is 17.9 Å². The van der Waals surface area contributed by atoms with Crippen LogP contribution in [0.15, 0.2) is 48.5 Å². The maximum atomic E-state index is 12.0. The number of ether oxygens (including phenoxy) is 1. The molecule has 0 bridgehead atoms. The Bertz CT molecular complexity index is 680. The first-order valence-electron chi connectivity index (χ1n) is 8.69. The zero-order valence-corrected chi connectivity index (χ0v) is 14.9. The average molecular weight is 359 g/mol. The van der Waals surface area contributed by atoms with E-state index in [9.17, 15) is 4.79 Å². The minimum Gasteiger partial charge on any atom is -0.374 e. The smallest absolute Gasteiger partial charge is 0.319 e. The van der Waals surface area contributed by atoms with E-state index in [1.54, 1.807) is 0 Å². The first-order chi connectivity index (χ1) is 12.2. The molecule has 5 heteroatoms. The van der Waals surface area contributed by atoms with E-state index in [1.165, 1.54) is 25.7 Å². The van der Waals surface area contributed by atoms with Gasteiger partial charge in [0.2, 0.25) is 0 Å². The number of rotatable bonds is 6. The Morgan fingerprint density at radius 3 is 2.32 bits per heavy atom. The molecule has 2 aromatic carbocycles. The minimum atomic E-state index is -0.232. The van der Waals surface area contributed by atoms with Crippen LogP contribution in [0.3, 0.4) is 0 Å². The van der Waals surface area contributed by atoms with Gasteiger partial charge in [0, 0.05) is 17.3 Å². The number of anilines is 1. The third kappa shape index (κ3) is 5.76. The third-order valence-electron chi connectivity index (χ3n) is 4.37. The molecule has 1 saturated carbocycles. The van der Waals surface area contributed by atoms with Crippen molar-refractivity contribution in [1.29, 1.82) is 0 Å². The first-order valence-corrected chi connectivity index (χ1v) is 9.07. The molecule has 4 nitrogen and oxygen atoms in total. The second kappa shape index (κ2) is 8.88. The lowest BCUT2D eigenvalue weighted by Crippen LogP contribution is -2.28. The highest BCUT2D eigenvalue weighted by Gasteiger charge is 2.15. The summed E-state index contributed by atoms with van der Waals surface area (Å²) < 4.78 is 5.90. The lowest BCUT2D eigenvalue weighted by atomic mass is 10.2. The van der Waals surface area contributed by atoms with E-state index in [1.807, 2.05) is 48.5 Å². The van der Waals surface area contributed by atoms with E-state index in [-0.39, 0.29) is 6.03 Å². The summed E-state index contributed by atoms with van der Waals surface area (Å²) in [6.07, 6.45) is 5.31. The van der Waals surface area contributed by atoms with Gasteiger partial charge in [0.25, 0.3) is 0 Å². The molecular formula is C20H23ClN2O2. The highest BCUT2D eigenvalue weighted by Crippen LogP contribution is 2.22. The Morgan fingerprint density at radius 1 is 1.00 bits per heavy atom. The number of carbonyl (C=O) groups is 1. The van der Waals surface area contributed by atoms with Gasteiger partial charge in [-0.1, -0.05) is 48.7 Å². The Balaban J connectivity index is 1.42. The van der Waals surface area contributed by atoms with Crippen LogP contribution in [0, 0.1) is 0 Å². The summed E-state index contributed by atoms with van der Waals surface area (Å²) in [5, 5.41) is 6.34. The molecule has 0 unspecified atom stereocenters. The largest absolute Gasteiger partial charge is 0.374 e. The quantitative estimate of drug-likeness (QED) is 0.752. The maximum absolute atomic E-state index is 12.0. The van der Waals surface area contributed by atoms with Crippen LogP contribution >= 0.6 is 11.6 Å². The molecule has 1 fully saturated rings. The highest BCUT2D eigenvalue weighted by atomic mass is 35.5. The van der Waals surface area contributed by atoms with Gasteiger partial charge in [0.15, 0.2) is 0 Å². The molecule has 0 radical (unpaired) electrons. The van der Waals surface area contributed by atoms with Crippen molar-refractivity contribution in [3.8, 4) is 0 Å². The molecule has 1 aliphatic carbocycles. The SMILES string of the molecule is O=C(NCc1ccc(Cl)cc1)Nc1ccc(COC2CCCC2)cc1. The highest BCUT2D eigenvalue weighted by molar-refractivity contribution is 6.30. The van der Waals surface area contributed by atoms with Crippen molar-refractivity contribution in [2.45, 2.75) is 44.9 Å². The molecule has 132 valence electrons. The lowest BCUT2D eigenvalue weighted by Gasteiger charge is -2.12. The monoisotopic (exact) mass is 358 g/mol. The van der Waals surface area contributed by atoms with E-state index in [0.717, 1.165) is 16.8 Å². The molecule has 2 N–H and O–H groups in total. The molecule has 0 aromatic heterocycles. The molecule has 1 aliphatic rings. The summed E-state index contributed by atoms with van der Waals surface area (Å²) in [4.78, 5) is 12.0. The van der Waals surface area contributed by atoms with E-state index in [2.05, 4.69) is 10.6 Å². The molecule has 2 aromatic rings. The predicted octanol–water partition coefficient (Wildman–Crippen LogP) is 5.12. The summed E-state index contributed by atoms with van der Waals surface area (Å²) in [7, 11) is 0. The van der Waals surface area contributed by atoms with Crippen molar-refractivity contribution in [2.24, 2.45) is 0 Å². The predicted molar refractivity (Wildman–Crippen MR) is 101 cm³/mol. The van der Waals surface area contributed by atoms with Crippen LogP contribution in [0.2, 0.25) is 5.02 Å². The molecule has 0 spiro atoms. The van der Waals surface area contributed by atoms with Crippen LogP contribution < -0.4 is 10.6 Å². The van der Waals surface area contributed by atoms with Gasteiger partial charge < -0.3 is 15.4 Å². The zero-order valence-electron chi connectivity index (χ0n) is 14.1. The summed E-state index contributed by atoms with van der Waals surface area (Å²) >= 11 is 5.85. The summed E-state index contributed by atoms with van der Waals surface area (Å²) in [5.41, 5.74) is 2.89. The van der Waals surface area contributed by atoms with Crippen molar-refractivity contribution >= 4 is 23.3 Å². The van der Waals surface area contributed by atoms with Gasteiger partial charge in [-0.15, -0.1) is 0 Å². The Hall–Kier alpha value is -2.04. The van der Waals surface area contributed by atoms with Gasteiger partial charge in [0.05, 0.1) is 12.7 Å². The van der Waals surface area contributed by atoms with Gasteiger partial charge in [-0.3, -0.25) is 0 Å². The fourth-order valence-electron chi connectivity index (χ4n) is 2.91. The molecule has 0 atom stereocenters. The van der Waals surface area contributed by atoms with Crippen molar-refractivity contribution in [2.75, 3.05) is 5.32 Å². The maximum Gasteiger partial charge on any atom is 0.319 e. The van der Waals surface area contributed by atoms with Gasteiger partial charge in [0.1, 0.15) is 0 Å².